The van der Waals surface area contributed by atoms with Gasteiger partial charge in [0.2, 0.25) is 10.0 Å². The fourth-order valence-corrected chi connectivity index (χ4v) is 6.34. The van der Waals surface area contributed by atoms with Gasteiger partial charge in [0, 0.05) is 18.9 Å². The van der Waals surface area contributed by atoms with Crippen LogP contribution in [0.3, 0.4) is 0 Å². The molecule has 0 spiro atoms. The highest BCUT2D eigenvalue weighted by Crippen LogP contribution is 2.30. The SMILES string of the molecule is CCCCS(=O)(=O)NC[C@@H](c1cccnc1)S(=O)(=O)c1cccs1. The zero-order valence-electron chi connectivity index (χ0n) is 13.3. The molecule has 0 fully saturated rings. The van der Waals surface area contributed by atoms with Crippen LogP contribution in [0.2, 0.25) is 0 Å². The van der Waals surface area contributed by atoms with Crippen LogP contribution in [0.5, 0.6) is 0 Å². The van der Waals surface area contributed by atoms with Crippen molar-refractivity contribution in [1.82, 2.24) is 9.71 Å². The molecule has 0 aromatic carbocycles. The fourth-order valence-electron chi connectivity index (χ4n) is 2.15. The first-order valence-electron chi connectivity index (χ1n) is 7.51. The van der Waals surface area contributed by atoms with Gasteiger partial charge in [-0.15, -0.1) is 11.3 Å². The topological polar surface area (TPSA) is 93.2 Å². The average molecular weight is 389 g/mol. The van der Waals surface area contributed by atoms with Crippen LogP contribution < -0.4 is 4.72 Å². The minimum Gasteiger partial charge on any atom is -0.264 e. The highest BCUT2D eigenvalue weighted by Gasteiger charge is 2.31. The van der Waals surface area contributed by atoms with E-state index in [9.17, 15) is 16.8 Å². The molecule has 1 N–H and O–H groups in total. The van der Waals surface area contributed by atoms with E-state index in [1.807, 2.05) is 6.92 Å². The molecule has 9 heteroatoms. The summed E-state index contributed by atoms with van der Waals surface area (Å²) in [5, 5.41) is 0.666. The molecular formula is C15H20N2O4S3. The Bertz CT molecular complexity index is 832. The molecule has 0 unspecified atom stereocenters. The molecule has 1 atom stereocenters. The van der Waals surface area contributed by atoms with E-state index in [0.29, 0.717) is 12.0 Å². The van der Waals surface area contributed by atoms with E-state index in [1.165, 1.54) is 12.3 Å². The summed E-state index contributed by atoms with van der Waals surface area (Å²) < 4.78 is 52.4. The van der Waals surface area contributed by atoms with Crippen molar-refractivity contribution in [2.75, 3.05) is 12.3 Å². The average Bonchev–Trinajstić information content (AvgIpc) is 3.09. The second kappa shape index (κ2) is 8.19. The maximum atomic E-state index is 12.9. The van der Waals surface area contributed by atoms with Gasteiger partial charge in [0.1, 0.15) is 9.46 Å². The summed E-state index contributed by atoms with van der Waals surface area (Å²) in [5.41, 5.74) is 0.462. The van der Waals surface area contributed by atoms with Gasteiger partial charge in [0.05, 0.1) is 5.75 Å². The molecule has 2 rings (SSSR count). The van der Waals surface area contributed by atoms with Crippen LogP contribution in [0.1, 0.15) is 30.6 Å². The molecule has 0 radical (unpaired) electrons. The highest BCUT2D eigenvalue weighted by atomic mass is 32.2. The molecule has 0 saturated heterocycles. The fraction of sp³-hybridized carbons (Fsp3) is 0.400. The predicted octanol–water partition coefficient (Wildman–Crippen LogP) is 2.38. The number of unbranched alkanes of at least 4 members (excludes halogenated alkanes) is 1. The maximum Gasteiger partial charge on any atom is 0.211 e. The number of nitrogens with zero attached hydrogens (tertiary/aromatic N) is 1. The number of rotatable bonds is 9. The van der Waals surface area contributed by atoms with Crippen molar-refractivity contribution in [3.05, 3.63) is 47.6 Å². The standard InChI is InChI=1S/C15H20N2O4S3/c1-2-3-10-23(18,19)17-12-14(13-6-4-8-16-11-13)24(20,21)15-7-5-9-22-15/h4-9,11,14,17H,2-3,10,12H2,1H3/t14-/m0/s1. The molecule has 2 aromatic heterocycles. The number of sulfone groups is 1. The van der Waals surface area contributed by atoms with E-state index >= 15 is 0 Å². The second-order valence-electron chi connectivity index (χ2n) is 5.27. The summed E-state index contributed by atoms with van der Waals surface area (Å²) in [4.78, 5) is 3.96. The van der Waals surface area contributed by atoms with E-state index in [1.54, 1.807) is 29.8 Å². The van der Waals surface area contributed by atoms with Gasteiger partial charge in [0.15, 0.2) is 9.84 Å². The van der Waals surface area contributed by atoms with E-state index in [2.05, 4.69) is 9.71 Å². The molecule has 132 valence electrons. The number of thiophene rings is 1. The van der Waals surface area contributed by atoms with Crippen molar-refractivity contribution in [2.45, 2.75) is 29.2 Å². The molecule has 2 heterocycles. The first kappa shape index (κ1) is 19.0. The first-order chi connectivity index (χ1) is 11.4. The lowest BCUT2D eigenvalue weighted by atomic mass is 10.2. The maximum absolute atomic E-state index is 12.9. The van der Waals surface area contributed by atoms with Gasteiger partial charge in [-0.05, 0) is 29.5 Å². The molecule has 6 nitrogen and oxygen atoms in total. The minimum absolute atomic E-state index is 0.0116. The lowest BCUT2D eigenvalue weighted by Gasteiger charge is -2.17. The molecule has 0 saturated carbocycles. The Labute approximate surface area is 146 Å². The quantitative estimate of drug-likeness (QED) is 0.712. The number of pyridine rings is 1. The number of sulfonamides is 1. The van der Waals surface area contributed by atoms with Gasteiger partial charge in [-0.25, -0.2) is 21.6 Å². The first-order valence-corrected chi connectivity index (χ1v) is 11.6. The number of aromatic nitrogens is 1. The van der Waals surface area contributed by atoms with E-state index in [0.717, 1.165) is 17.8 Å². The summed E-state index contributed by atoms with van der Waals surface area (Å²) >= 11 is 1.11. The smallest absolute Gasteiger partial charge is 0.211 e. The van der Waals surface area contributed by atoms with Crippen molar-refractivity contribution in [3.63, 3.8) is 0 Å². The van der Waals surface area contributed by atoms with Crippen LogP contribution in [0, 0.1) is 0 Å². The molecule has 0 bridgehead atoms. The molecule has 0 aliphatic rings. The summed E-state index contributed by atoms with van der Waals surface area (Å²) in [7, 11) is -7.21. The lowest BCUT2D eigenvalue weighted by molar-refractivity contribution is 0.567. The van der Waals surface area contributed by atoms with Gasteiger partial charge >= 0.3 is 0 Å². The van der Waals surface area contributed by atoms with Crippen LogP contribution in [-0.4, -0.2) is 34.1 Å². The normalized spacial score (nSPS) is 13.7. The van der Waals surface area contributed by atoms with E-state index in [4.69, 9.17) is 0 Å². The molecule has 0 aliphatic carbocycles. The minimum atomic E-state index is -3.70. The third-order valence-corrected chi connectivity index (χ3v) is 8.43. The highest BCUT2D eigenvalue weighted by molar-refractivity contribution is 7.93. The Kier molecular flexibility index (Phi) is 6.50. The molecule has 2 aromatic rings. The lowest BCUT2D eigenvalue weighted by Crippen LogP contribution is -2.33. The van der Waals surface area contributed by atoms with Gasteiger partial charge < -0.3 is 0 Å². The summed E-state index contributed by atoms with van der Waals surface area (Å²) in [6.07, 6.45) is 4.28. The Morgan fingerprint density at radius 1 is 1.21 bits per heavy atom. The predicted molar refractivity (Wildman–Crippen MR) is 95.2 cm³/mol. The second-order valence-corrected chi connectivity index (χ2v) is 10.5. The zero-order valence-corrected chi connectivity index (χ0v) is 15.7. The molecular weight excluding hydrogens is 368 g/mol. The van der Waals surface area contributed by atoms with Crippen LogP contribution in [0.4, 0.5) is 0 Å². The summed E-state index contributed by atoms with van der Waals surface area (Å²) in [5.74, 6) is -0.0116. The van der Waals surface area contributed by atoms with Crippen molar-refractivity contribution in [3.8, 4) is 0 Å². The molecule has 24 heavy (non-hydrogen) atoms. The Morgan fingerprint density at radius 2 is 2.00 bits per heavy atom. The Hall–Kier alpha value is -1.29. The monoisotopic (exact) mass is 388 g/mol. The largest absolute Gasteiger partial charge is 0.264 e. The third kappa shape index (κ3) is 4.85. The Balaban J connectivity index is 2.29. The molecule has 0 aliphatic heterocycles. The van der Waals surface area contributed by atoms with Gasteiger partial charge in [-0.1, -0.05) is 25.5 Å². The zero-order chi connectivity index (χ0) is 17.6. The Morgan fingerprint density at radius 3 is 2.58 bits per heavy atom. The summed E-state index contributed by atoms with van der Waals surface area (Å²) in [6, 6.07) is 6.46. The van der Waals surface area contributed by atoms with Crippen LogP contribution in [-0.2, 0) is 19.9 Å². The van der Waals surface area contributed by atoms with Crippen LogP contribution >= 0.6 is 11.3 Å². The van der Waals surface area contributed by atoms with E-state index in [-0.39, 0.29) is 16.5 Å². The van der Waals surface area contributed by atoms with Crippen LogP contribution in [0.15, 0.2) is 46.2 Å². The van der Waals surface area contributed by atoms with Crippen molar-refractivity contribution >= 4 is 31.2 Å². The van der Waals surface area contributed by atoms with Crippen molar-refractivity contribution in [2.24, 2.45) is 0 Å². The number of hydrogen-bond donors (Lipinski definition) is 1. The third-order valence-electron chi connectivity index (χ3n) is 3.46. The summed E-state index contributed by atoms with van der Waals surface area (Å²) in [6.45, 7) is 1.69. The van der Waals surface area contributed by atoms with Gasteiger partial charge in [0.25, 0.3) is 0 Å². The van der Waals surface area contributed by atoms with Crippen molar-refractivity contribution in [1.29, 1.82) is 0 Å². The van der Waals surface area contributed by atoms with Gasteiger partial charge in [-0.3, -0.25) is 4.98 Å². The number of nitrogens with one attached hydrogen (secondary N) is 1. The molecule has 0 amide bonds. The number of hydrogen-bond acceptors (Lipinski definition) is 6. The van der Waals surface area contributed by atoms with E-state index < -0.39 is 25.1 Å². The van der Waals surface area contributed by atoms with Crippen molar-refractivity contribution < 1.29 is 16.8 Å². The van der Waals surface area contributed by atoms with Crippen LogP contribution in [0.25, 0.3) is 0 Å². The van der Waals surface area contributed by atoms with Gasteiger partial charge in [-0.2, -0.15) is 0 Å².